The van der Waals surface area contributed by atoms with Crippen molar-refractivity contribution < 1.29 is 37.3 Å². The number of methoxy groups -OCH3 is 1. The second-order valence-electron chi connectivity index (χ2n) is 13.9. The molecule has 2 aromatic heterocycles. The Morgan fingerprint density at radius 3 is 2.42 bits per heavy atom. The third-order valence-corrected chi connectivity index (χ3v) is 9.91. The number of ether oxygens (including phenoxy) is 2. The monoisotopic (exact) mass is 755 g/mol. The van der Waals surface area contributed by atoms with E-state index in [1.165, 1.54) is 12.3 Å². The Morgan fingerprint density at radius 2 is 1.79 bits per heavy atom. The van der Waals surface area contributed by atoms with Crippen LogP contribution in [0.2, 0.25) is 5.02 Å². The second kappa shape index (κ2) is 15.3. The van der Waals surface area contributed by atoms with Gasteiger partial charge in [-0.1, -0.05) is 35.9 Å². The van der Waals surface area contributed by atoms with Gasteiger partial charge in [0, 0.05) is 57.2 Å². The highest BCUT2D eigenvalue weighted by Crippen LogP contribution is 2.41. The molecular weight excluding hydrogens is 715 g/mol. The number of aromatic amines is 1. The number of alkyl halides is 3. The lowest BCUT2D eigenvalue weighted by Gasteiger charge is -2.42. The van der Waals surface area contributed by atoms with Crippen molar-refractivity contribution in [1.82, 2.24) is 25.2 Å². The van der Waals surface area contributed by atoms with E-state index in [0.29, 0.717) is 31.0 Å². The van der Waals surface area contributed by atoms with Crippen LogP contribution in [0, 0.1) is 5.41 Å². The zero-order valence-electron chi connectivity index (χ0n) is 29.6. The van der Waals surface area contributed by atoms with Crippen LogP contribution in [0.15, 0.2) is 60.9 Å². The molecule has 3 atom stereocenters. The van der Waals surface area contributed by atoms with Gasteiger partial charge < -0.3 is 40.0 Å². The van der Waals surface area contributed by atoms with E-state index in [2.05, 4.69) is 30.3 Å². The predicted molar refractivity (Wildman–Crippen MR) is 194 cm³/mol. The number of hydrogen-bond donors (Lipinski definition) is 4. The van der Waals surface area contributed by atoms with Gasteiger partial charge >= 0.3 is 6.36 Å². The molecule has 0 spiro atoms. The molecule has 2 aliphatic heterocycles. The number of amides is 2. The van der Waals surface area contributed by atoms with Crippen molar-refractivity contribution in [2.75, 3.05) is 50.1 Å². The van der Waals surface area contributed by atoms with Crippen LogP contribution in [0.4, 0.5) is 24.7 Å². The van der Waals surface area contributed by atoms with Crippen LogP contribution >= 0.6 is 11.6 Å². The molecule has 4 aromatic rings. The first-order chi connectivity index (χ1) is 25.2. The van der Waals surface area contributed by atoms with Gasteiger partial charge in [-0.2, -0.15) is 0 Å². The topological polar surface area (TPSA) is 145 Å². The largest absolute Gasteiger partial charge is 0.573 e. The van der Waals surface area contributed by atoms with Gasteiger partial charge in [0.05, 0.1) is 52.3 Å². The molecule has 2 aliphatic rings. The molecule has 0 radical (unpaired) electrons. The lowest BCUT2D eigenvalue weighted by atomic mass is 9.92. The zero-order valence-corrected chi connectivity index (χ0v) is 30.4. The standard InChI is InChI=1S/C37H41ClF3N7O5/c1-21-19-47(35(51)36(2,3)20-49)11-12-48(21)32-10-9-24(16-43-32)34(50)46-28-15-31(53-37(39,40)41)26(14-27(28)38)22-5-7-23(8-6-22)30-18-44-33(45-30)29-13-25(52-4)17-42-29/h5-10,14-16,18,21,25,29,42,49H,11-13,17,19-20H2,1-4H3,(H,44,45)(H,46,50)/t21-,25+,29+/m1/s1. The van der Waals surface area contributed by atoms with Crippen molar-refractivity contribution >= 4 is 34.9 Å². The summed E-state index contributed by atoms with van der Waals surface area (Å²) in [7, 11) is 1.67. The van der Waals surface area contributed by atoms with E-state index in [4.69, 9.17) is 16.3 Å². The Balaban J connectivity index is 1.15. The van der Waals surface area contributed by atoms with Crippen LogP contribution in [-0.2, 0) is 9.53 Å². The number of anilines is 2. The van der Waals surface area contributed by atoms with Crippen LogP contribution in [0.5, 0.6) is 5.75 Å². The summed E-state index contributed by atoms with van der Waals surface area (Å²) >= 11 is 6.54. The molecule has 282 valence electrons. The number of aliphatic hydroxyl groups excluding tert-OH is 1. The quantitative estimate of drug-likeness (QED) is 0.152. The number of halogens is 4. The molecule has 12 nitrogen and oxygen atoms in total. The number of pyridine rings is 1. The molecule has 0 unspecified atom stereocenters. The number of carbonyl (C=O) groups excluding carboxylic acids is 2. The summed E-state index contributed by atoms with van der Waals surface area (Å²) in [4.78, 5) is 42.1. The lowest BCUT2D eigenvalue weighted by molar-refractivity contribution is -0.274. The van der Waals surface area contributed by atoms with E-state index in [1.807, 2.05) is 11.8 Å². The Labute approximate surface area is 309 Å². The zero-order chi connectivity index (χ0) is 38.1. The van der Waals surface area contributed by atoms with Crippen molar-refractivity contribution in [2.24, 2.45) is 5.41 Å². The van der Waals surface area contributed by atoms with E-state index in [-0.39, 0.29) is 52.5 Å². The Morgan fingerprint density at radius 1 is 1.06 bits per heavy atom. The van der Waals surface area contributed by atoms with Crippen LogP contribution in [0.25, 0.3) is 22.4 Å². The summed E-state index contributed by atoms with van der Waals surface area (Å²) in [5.74, 6) is 0.0487. The van der Waals surface area contributed by atoms with Gasteiger partial charge in [-0.25, -0.2) is 9.97 Å². The maximum absolute atomic E-state index is 13.6. The van der Waals surface area contributed by atoms with Gasteiger partial charge in [0.2, 0.25) is 5.91 Å². The smallest absolute Gasteiger partial charge is 0.405 e. The van der Waals surface area contributed by atoms with Crippen molar-refractivity contribution in [2.45, 2.75) is 51.7 Å². The summed E-state index contributed by atoms with van der Waals surface area (Å²) < 4.78 is 50.6. The third kappa shape index (κ3) is 8.59. The first kappa shape index (κ1) is 38.0. The maximum atomic E-state index is 13.6. The maximum Gasteiger partial charge on any atom is 0.573 e. The molecule has 4 heterocycles. The van der Waals surface area contributed by atoms with E-state index in [0.717, 1.165) is 36.1 Å². The number of carbonyl (C=O) groups is 2. The highest BCUT2D eigenvalue weighted by molar-refractivity contribution is 6.34. The average molecular weight is 756 g/mol. The molecule has 53 heavy (non-hydrogen) atoms. The van der Waals surface area contributed by atoms with E-state index >= 15 is 0 Å². The minimum Gasteiger partial charge on any atom is -0.405 e. The first-order valence-corrected chi connectivity index (χ1v) is 17.5. The van der Waals surface area contributed by atoms with Gasteiger partial charge in [-0.15, -0.1) is 13.2 Å². The number of nitrogens with one attached hydrogen (secondary N) is 3. The van der Waals surface area contributed by atoms with E-state index < -0.39 is 23.4 Å². The number of nitrogens with zero attached hydrogens (tertiary/aromatic N) is 4. The van der Waals surface area contributed by atoms with E-state index in [9.17, 15) is 27.9 Å². The Kier molecular flexibility index (Phi) is 11.0. The molecular formula is C37H41ClF3N7O5. The lowest BCUT2D eigenvalue weighted by Crippen LogP contribution is -2.56. The van der Waals surface area contributed by atoms with Gasteiger partial charge in [-0.3, -0.25) is 9.59 Å². The van der Waals surface area contributed by atoms with E-state index in [1.54, 1.807) is 68.5 Å². The highest BCUT2D eigenvalue weighted by Gasteiger charge is 2.36. The SMILES string of the molecule is CO[C@@H]1CN[C@H](c2ncc(-c3ccc(-c4cc(Cl)c(NC(=O)c5ccc(N6CCN(C(=O)C(C)(C)CO)C[C@H]6C)nc5)cc4OC(F)(F)F)cc3)[nH]2)C1. The number of hydrogen-bond acceptors (Lipinski definition) is 9. The fraction of sp³-hybridized carbons (Fsp3) is 0.405. The minimum absolute atomic E-state index is 0.00112. The molecule has 2 saturated heterocycles. The predicted octanol–water partition coefficient (Wildman–Crippen LogP) is 6.05. The number of aliphatic hydroxyl groups is 1. The number of rotatable bonds is 10. The number of imidazole rings is 1. The van der Waals surface area contributed by atoms with Gasteiger partial charge in [0.15, 0.2) is 0 Å². The van der Waals surface area contributed by atoms with Gasteiger partial charge in [0.1, 0.15) is 17.4 Å². The molecule has 4 N–H and O–H groups in total. The number of piperazine rings is 1. The summed E-state index contributed by atoms with van der Waals surface area (Å²) in [6, 6.07) is 12.3. The van der Waals surface area contributed by atoms with Gasteiger partial charge in [-0.05, 0) is 56.5 Å². The van der Waals surface area contributed by atoms with Crippen LogP contribution in [-0.4, -0.2) is 95.2 Å². The number of H-pyrrole nitrogens is 1. The summed E-state index contributed by atoms with van der Waals surface area (Å²) in [6.45, 7) is 7.20. The Bertz CT molecular complexity index is 1940. The number of benzene rings is 2. The van der Waals surface area contributed by atoms with Gasteiger partial charge in [0.25, 0.3) is 5.91 Å². The molecule has 0 aliphatic carbocycles. The molecule has 0 saturated carbocycles. The molecule has 2 aromatic carbocycles. The number of aromatic nitrogens is 3. The molecule has 2 amide bonds. The van der Waals surface area contributed by atoms with Crippen LogP contribution in [0.1, 0.15) is 49.4 Å². The first-order valence-electron chi connectivity index (χ1n) is 17.1. The Hall–Kier alpha value is -4.70. The fourth-order valence-electron chi connectivity index (χ4n) is 6.53. The fourth-order valence-corrected chi connectivity index (χ4v) is 6.74. The van der Waals surface area contributed by atoms with Crippen molar-refractivity contribution in [3.05, 3.63) is 77.3 Å². The molecule has 2 fully saturated rings. The average Bonchev–Trinajstić information content (AvgIpc) is 3.83. The summed E-state index contributed by atoms with van der Waals surface area (Å²) in [5.41, 5.74) is 1.19. The molecule has 6 rings (SSSR count). The van der Waals surface area contributed by atoms with Crippen LogP contribution in [0.3, 0.4) is 0 Å². The normalized spacial score (nSPS) is 19.4. The second-order valence-corrected chi connectivity index (χ2v) is 14.3. The van der Waals surface area contributed by atoms with Crippen molar-refractivity contribution in [3.63, 3.8) is 0 Å². The van der Waals surface area contributed by atoms with Crippen molar-refractivity contribution in [3.8, 4) is 28.1 Å². The summed E-state index contributed by atoms with van der Waals surface area (Å²) in [5, 5.41) is 15.5. The van der Waals surface area contributed by atoms with Crippen molar-refractivity contribution in [1.29, 1.82) is 0 Å². The van der Waals surface area contributed by atoms with Crippen LogP contribution < -0.4 is 20.3 Å². The molecule has 16 heteroatoms. The molecule has 0 bridgehead atoms. The minimum atomic E-state index is -5.02. The summed E-state index contributed by atoms with van der Waals surface area (Å²) in [6.07, 6.45) is -1.07. The highest BCUT2D eigenvalue weighted by atomic mass is 35.5. The third-order valence-electron chi connectivity index (χ3n) is 9.59.